The molecule has 1 aromatic heterocycles. The summed E-state index contributed by atoms with van der Waals surface area (Å²) in [7, 11) is 0. The van der Waals surface area contributed by atoms with E-state index in [0.717, 1.165) is 27.7 Å². The first kappa shape index (κ1) is 16.4. The lowest BCUT2D eigenvalue weighted by molar-refractivity contribution is 0.259. The Morgan fingerprint density at radius 1 is 1.04 bits per heavy atom. The van der Waals surface area contributed by atoms with E-state index in [1.807, 2.05) is 42.5 Å². The van der Waals surface area contributed by atoms with Crippen molar-refractivity contribution in [2.75, 3.05) is 0 Å². The van der Waals surface area contributed by atoms with Crippen LogP contribution in [0.1, 0.15) is 37.6 Å². The molecule has 0 unspecified atom stereocenters. The number of nitrogens with zero attached hydrogens (tertiary/aromatic N) is 2. The minimum atomic E-state index is -0.0969. The zero-order chi connectivity index (χ0) is 17.2. The van der Waals surface area contributed by atoms with E-state index in [1.54, 1.807) is 6.33 Å². The lowest BCUT2D eigenvalue weighted by Gasteiger charge is -2.20. The van der Waals surface area contributed by atoms with Crippen molar-refractivity contribution in [3.05, 3.63) is 65.6 Å². The van der Waals surface area contributed by atoms with Gasteiger partial charge in [-0.2, -0.15) is 0 Å². The van der Waals surface area contributed by atoms with Gasteiger partial charge in [0, 0.05) is 22.4 Å². The number of rotatable bonds is 4. The molecule has 1 heterocycles. The second kappa shape index (κ2) is 6.57. The number of fused-ring (bicyclic) bond motifs is 1. The van der Waals surface area contributed by atoms with Crippen molar-refractivity contribution in [3.8, 4) is 5.75 Å². The Labute approximate surface area is 142 Å². The van der Waals surface area contributed by atoms with Gasteiger partial charge in [0.15, 0.2) is 0 Å². The molecule has 0 saturated carbocycles. The average molecular weight is 322 g/mol. The van der Waals surface area contributed by atoms with Crippen LogP contribution in [-0.4, -0.2) is 15.1 Å². The van der Waals surface area contributed by atoms with Crippen molar-refractivity contribution in [1.29, 1.82) is 0 Å². The van der Waals surface area contributed by atoms with Gasteiger partial charge in [0.1, 0.15) is 18.7 Å². The Morgan fingerprint density at radius 2 is 1.79 bits per heavy atom. The molecule has 0 bridgehead atoms. The number of aliphatic hydroxyl groups is 1. The Morgan fingerprint density at radius 3 is 2.46 bits per heavy atom. The van der Waals surface area contributed by atoms with E-state index in [4.69, 9.17) is 4.74 Å². The molecule has 0 radical (unpaired) electrons. The SMILES string of the molecule is CC(C)(C)c1ncnc2cc(OCc3ccccc3)c(CO)cc12. The van der Waals surface area contributed by atoms with Crippen LogP contribution in [0.4, 0.5) is 0 Å². The van der Waals surface area contributed by atoms with Gasteiger partial charge in [0.05, 0.1) is 17.8 Å². The van der Waals surface area contributed by atoms with Crippen LogP contribution in [-0.2, 0) is 18.6 Å². The third kappa shape index (κ3) is 3.39. The van der Waals surface area contributed by atoms with E-state index in [0.29, 0.717) is 12.4 Å². The maximum absolute atomic E-state index is 9.75. The summed E-state index contributed by atoms with van der Waals surface area (Å²) in [4.78, 5) is 8.82. The second-order valence-electron chi connectivity index (χ2n) is 6.88. The molecule has 0 aliphatic heterocycles. The number of hydrogen-bond acceptors (Lipinski definition) is 4. The standard InChI is InChI=1S/C20H22N2O2/c1-20(2,3)19-16-9-15(11-23)18(10-17(16)21-13-22-19)24-12-14-7-5-4-6-8-14/h4-10,13,23H,11-12H2,1-3H3. The fraction of sp³-hybridized carbons (Fsp3) is 0.300. The van der Waals surface area contributed by atoms with Gasteiger partial charge >= 0.3 is 0 Å². The molecule has 3 rings (SSSR count). The van der Waals surface area contributed by atoms with Gasteiger partial charge in [-0.25, -0.2) is 9.97 Å². The molecular weight excluding hydrogens is 300 g/mol. The van der Waals surface area contributed by atoms with Gasteiger partial charge < -0.3 is 9.84 Å². The Kier molecular flexibility index (Phi) is 4.49. The molecule has 4 heteroatoms. The molecule has 0 fully saturated rings. The van der Waals surface area contributed by atoms with Crippen molar-refractivity contribution >= 4 is 10.9 Å². The van der Waals surface area contributed by atoms with Crippen molar-refractivity contribution in [3.63, 3.8) is 0 Å². The topological polar surface area (TPSA) is 55.2 Å². The van der Waals surface area contributed by atoms with Crippen LogP contribution in [0.3, 0.4) is 0 Å². The van der Waals surface area contributed by atoms with Crippen LogP contribution in [0.2, 0.25) is 0 Å². The molecule has 0 spiro atoms. The first-order valence-electron chi connectivity index (χ1n) is 8.05. The summed E-state index contributed by atoms with van der Waals surface area (Å²) in [6, 6.07) is 13.8. The quantitative estimate of drug-likeness (QED) is 0.789. The number of benzene rings is 2. The van der Waals surface area contributed by atoms with Crippen molar-refractivity contribution < 1.29 is 9.84 Å². The molecular formula is C20H22N2O2. The first-order valence-corrected chi connectivity index (χ1v) is 8.05. The lowest BCUT2D eigenvalue weighted by atomic mass is 9.88. The average Bonchev–Trinajstić information content (AvgIpc) is 2.58. The fourth-order valence-corrected chi connectivity index (χ4v) is 2.72. The summed E-state index contributed by atoms with van der Waals surface area (Å²) in [5, 5.41) is 10.7. The zero-order valence-electron chi connectivity index (χ0n) is 14.3. The highest BCUT2D eigenvalue weighted by Gasteiger charge is 2.20. The number of aromatic nitrogens is 2. The number of ether oxygens (including phenoxy) is 1. The largest absolute Gasteiger partial charge is 0.488 e. The maximum Gasteiger partial charge on any atom is 0.127 e. The highest BCUT2D eigenvalue weighted by atomic mass is 16.5. The van der Waals surface area contributed by atoms with Crippen LogP contribution in [0.5, 0.6) is 5.75 Å². The fourth-order valence-electron chi connectivity index (χ4n) is 2.72. The van der Waals surface area contributed by atoms with Gasteiger partial charge in [-0.3, -0.25) is 0 Å². The van der Waals surface area contributed by atoms with Crippen LogP contribution in [0, 0.1) is 0 Å². The molecule has 0 atom stereocenters. The van der Waals surface area contributed by atoms with E-state index in [9.17, 15) is 5.11 Å². The Balaban J connectivity index is 2.00. The van der Waals surface area contributed by atoms with Gasteiger partial charge in [-0.15, -0.1) is 0 Å². The molecule has 24 heavy (non-hydrogen) atoms. The summed E-state index contributed by atoms with van der Waals surface area (Å²) in [5.74, 6) is 0.660. The van der Waals surface area contributed by atoms with E-state index in [2.05, 4.69) is 30.7 Å². The van der Waals surface area contributed by atoms with Crippen LogP contribution in [0.15, 0.2) is 48.8 Å². The van der Waals surface area contributed by atoms with Crippen molar-refractivity contribution in [2.45, 2.75) is 39.4 Å². The van der Waals surface area contributed by atoms with E-state index in [-0.39, 0.29) is 12.0 Å². The molecule has 1 N–H and O–H groups in total. The summed E-state index contributed by atoms with van der Waals surface area (Å²) >= 11 is 0. The maximum atomic E-state index is 9.75. The highest BCUT2D eigenvalue weighted by Crippen LogP contribution is 2.32. The summed E-state index contributed by atoms with van der Waals surface area (Å²) < 4.78 is 5.93. The summed E-state index contributed by atoms with van der Waals surface area (Å²) in [6.07, 6.45) is 1.59. The summed E-state index contributed by atoms with van der Waals surface area (Å²) in [6.45, 7) is 6.72. The molecule has 0 amide bonds. The molecule has 0 aliphatic rings. The normalized spacial score (nSPS) is 11.7. The van der Waals surface area contributed by atoms with Gasteiger partial charge in [-0.1, -0.05) is 51.1 Å². The van der Waals surface area contributed by atoms with Crippen LogP contribution in [0.25, 0.3) is 10.9 Å². The van der Waals surface area contributed by atoms with E-state index >= 15 is 0 Å². The summed E-state index contributed by atoms with van der Waals surface area (Å²) in [5.41, 5.74) is 3.53. The minimum absolute atomic E-state index is 0.0848. The smallest absolute Gasteiger partial charge is 0.127 e. The Hall–Kier alpha value is -2.46. The zero-order valence-corrected chi connectivity index (χ0v) is 14.3. The van der Waals surface area contributed by atoms with Crippen LogP contribution >= 0.6 is 0 Å². The van der Waals surface area contributed by atoms with Gasteiger partial charge in [-0.05, 0) is 11.6 Å². The number of aliphatic hydroxyl groups excluding tert-OH is 1. The molecule has 4 nitrogen and oxygen atoms in total. The third-order valence-corrected chi connectivity index (χ3v) is 3.94. The van der Waals surface area contributed by atoms with Gasteiger partial charge in [0.25, 0.3) is 0 Å². The molecule has 0 saturated heterocycles. The third-order valence-electron chi connectivity index (χ3n) is 3.94. The number of hydrogen-bond donors (Lipinski definition) is 1. The Bertz CT molecular complexity index is 839. The predicted molar refractivity (Wildman–Crippen MR) is 94.9 cm³/mol. The molecule has 0 aliphatic carbocycles. The monoisotopic (exact) mass is 322 g/mol. The molecule has 3 aromatic rings. The second-order valence-corrected chi connectivity index (χ2v) is 6.88. The van der Waals surface area contributed by atoms with Crippen LogP contribution < -0.4 is 4.74 Å². The predicted octanol–water partition coefficient (Wildman–Crippen LogP) is 4.00. The van der Waals surface area contributed by atoms with E-state index < -0.39 is 0 Å². The molecule has 124 valence electrons. The van der Waals surface area contributed by atoms with Crippen molar-refractivity contribution in [1.82, 2.24) is 9.97 Å². The van der Waals surface area contributed by atoms with Gasteiger partial charge in [0.2, 0.25) is 0 Å². The lowest BCUT2D eigenvalue weighted by Crippen LogP contribution is -2.14. The molecule has 2 aromatic carbocycles. The van der Waals surface area contributed by atoms with Crippen molar-refractivity contribution in [2.24, 2.45) is 0 Å². The minimum Gasteiger partial charge on any atom is -0.488 e. The van der Waals surface area contributed by atoms with E-state index in [1.165, 1.54) is 0 Å². The first-order chi connectivity index (χ1) is 11.5. The highest BCUT2D eigenvalue weighted by molar-refractivity contribution is 5.84.